The first-order chi connectivity index (χ1) is 11.0. The van der Waals surface area contributed by atoms with Crippen LogP contribution in [0.15, 0.2) is 24.3 Å². The topological polar surface area (TPSA) is 88.1 Å². The van der Waals surface area contributed by atoms with Gasteiger partial charge in [0.25, 0.3) is 5.91 Å². The van der Waals surface area contributed by atoms with E-state index in [2.05, 4.69) is 5.32 Å². The highest BCUT2D eigenvalue weighted by Crippen LogP contribution is 2.32. The number of anilines is 1. The van der Waals surface area contributed by atoms with E-state index >= 15 is 0 Å². The first-order valence-electron chi connectivity index (χ1n) is 7.62. The average molecular weight is 320 g/mol. The number of rotatable bonds is 3. The molecule has 0 bridgehead atoms. The molecule has 7 heteroatoms. The van der Waals surface area contributed by atoms with Gasteiger partial charge in [-0.1, -0.05) is 12.1 Å². The summed E-state index contributed by atoms with van der Waals surface area (Å²) < 4.78 is 11.0. The zero-order valence-electron chi connectivity index (χ0n) is 12.9. The van der Waals surface area contributed by atoms with Gasteiger partial charge < -0.3 is 24.8 Å². The van der Waals surface area contributed by atoms with Gasteiger partial charge >= 0.3 is 5.97 Å². The van der Waals surface area contributed by atoms with Crippen LogP contribution in [0.3, 0.4) is 0 Å². The second-order valence-corrected chi connectivity index (χ2v) is 5.94. The van der Waals surface area contributed by atoms with Crippen molar-refractivity contribution >= 4 is 17.6 Å². The Morgan fingerprint density at radius 1 is 1.30 bits per heavy atom. The summed E-state index contributed by atoms with van der Waals surface area (Å²) in [6.07, 6.45) is -0.227. The van der Waals surface area contributed by atoms with Crippen LogP contribution in [-0.2, 0) is 14.3 Å². The molecule has 1 aromatic carbocycles. The summed E-state index contributed by atoms with van der Waals surface area (Å²) >= 11 is 0. The van der Waals surface area contributed by atoms with Crippen molar-refractivity contribution in [2.45, 2.75) is 24.5 Å². The Bertz CT molecular complexity index is 612. The molecule has 1 atom stereocenters. The lowest BCUT2D eigenvalue weighted by atomic mass is 9.89. The van der Waals surface area contributed by atoms with Crippen molar-refractivity contribution in [1.29, 1.82) is 0 Å². The molecule has 1 aromatic rings. The van der Waals surface area contributed by atoms with E-state index in [0.29, 0.717) is 25.5 Å². The molecule has 23 heavy (non-hydrogen) atoms. The van der Waals surface area contributed by atoms with Gasteiger partial charge in [0, 0.05) is 33.1 Å². The molecule has 0 radical (unpaired) electrons. The van der Waals surface area contributed by atoms with E-state index in [0.717, 1.165) is 5.69 Å². The largest absolute Gasteiger partial charge is 0.480 e. The third kappa shape index (κ3) is 2.96. The van der Waals surface area contributed by atoms with Crippen LogP contribution in [-0.4, -0.2) is 55.4 Å². The zero-order chi connectivity index (χ0) is 16.4. The van der Waals surface area contributed by atoms with Crippen LogP contribution in [0, 0.1) is 0 Å². The molecule has 0 aromatic heterocycles. The molecule has 0 aliphatic carbocycles. The van der Waals surface area contributed by atoms with Crippen molar-refractivity contribution in [3.63, 3.8) is 0 Å². The Labute approximate surface area is 134 Å². The van der Waals surface area contributed by atoms with Crippen LogP contribution in [0.25, 0.3) is 0 Å². The van der Waals surface area contributed by atoms with E-state index in [1.54, 1.807) is 6.07 Å². The molecule has 3 rings (SSSR count). The molecule has 1 saturated heterocycles. The number of carboxylic acid groups (broad SMARTS) is 1. The Morgan fingerprint density at radius 2 is 2.00 bits per heavy atom. The average Bonchev–Trinajstić information content (AvgIpc) is 2.55. The number of likely N-dealkylation sites (N-methyl/N-ethyl adjacent to an activating group) is 1. The number of hydrogen-bond donors (Lipinski definition) is 2. The predicted molar refractivity (Wildman–Crippen MR) is 82.7 cm³/mol. The fourth-order valence-corrected chi connectivity index (χ4v) is 2.97. The van der Waals surface area contributed by atoms with Crippen LogP contribution < -0.4 is 15.0 Å². The summed E-state index contributed by atoms with van der Waals surface area (Å²) in [6, 6.07) is 7.46. The lowest BCUT2D eigenvalue weighted by Gasteiger charge is -2.37. The summed E-state index contributed by atoms with van der Waals surface area (Å²) in [7, 11) is 1.88. The maximum absolute atomic E-state index is 12.6. The van der Waals surface area contributed by atoms with Gasteiger partial charge in [0.2, 0.25) is 0 Å². The number of carboxylic acids is 1. The second kappa shape index (κ2) is 6.08. The van der Waals surface area contributed by atoms with E-state index in [4.69, 9.17) is 9.47 Å². The number of nitrogens with zero attached hydrogens (tertiary/aromatic N) is 1. The number of nitrogens with one attached hydrogen (secondary N) is 1. The number of hydrogen-bond acceptors (Lipinski definition) is 5. The van der Waals surface area contributed by atoms with Crippen molar-refractivity contribution in [2.24, 2.45) is 0 Å². The highest BCUT2D eigenvalue weighted by molar-refractivity contribution is 5.90. The lowest BCUT2D eigenvalue weighted by Crippen LogP contribution is -2.61. The molecule has 0 spiro atoms. The molecule has 2 aliphatic heterocycles. The normalized spacial score (nSPS) is 22.7. The van der Waals surface area contributed by atoms with Gasteiger partial charge in [-0.25, -0.2) is 4.79 Å². The number of carbonyl (C=O) groups excluding carboxylic acids is 1. The molecular formula is C16H20N2O5. The minimum atomic E-state index is -1.27. The first-order valence-corrected chi connectivity index (χ1v) is 7.62. The highest BCUT2D eigenvalue weighted by atomic mass is 16.5. The van der Waals surface area contributed by atoms with E-state index in [-0.39, 0.29) is 12.8 Å². The van der Waals surface area contributed by atoms with Crippen LogP contribution in [0.5, 0.6) is 5.75 Å². The number of carbonyl (C=O) groups is 2. The van der Waals surface area contributed by atoms with Crippen molar-refractivity contribution in [3.05, 3.63) is 24.3 Å². The molecule has 0 saturated carbocycles. The lowest BCUT2D eigenvalue weighted by molar-refractivity contribution is -0.153. The Morgan fingerprint density at radius 3 is 2.70 bits per heavy atom. The molecular weight excluding hydrogens is 300 g/mol. The highest BCUT2D eigenvalue weighted by Gasteiger charge is 2.43. The maximum Gasteiger partial charge on any atom is 0.329 e. The third-order valence-corrected chi connectivity index (χ3v) is 4.40. The predicted octanol–water partition coefficient (Wildman–Crippen LogP) is 0.634. The van der Waals surface area contributed by atoms with E-state index < -0.39 is 23.5 Å². The number of aliphatic carboxylic acids is 1. The molecule has 0 unspecified atom stereocenters. The van der Waals surface area contributed by atoms with Gasteiger partial charge in [-0.3, -0.25) is 4.79 Å². The quantitative estimate of drug-likeness (QED) is 0.849. The maximum atomic E-state index is 12.6. The van der Waals surface area contributed by atoms with Crippen molar-refractivity contribution < 1.29 is 24.2 Å². The number of amides is 1. The zero-order valence-corrected chi connectivity index (χ0v) is 12.9. The van der Waals surface area contributed by atoms with Gasteiger partial charge in [0.15, 0.2) is 6.10 Å². The summed E-state index contributed by atoms with van der Waals surface area (Å²) in [5.41, 5.74) is -0.357. The minimum Gasteiger partial charge on any atom is -0.480 e. The number of fused-ring (bicyclic) bond motifs is 1. The molecule has 124 valence electrons. The van der Waals surface area contributed by atoms with Gasteiger partial charge in [-0.2, -0.15) is 0 Å². The van der Waals surface area contributed by atoms with Gasteiger partial charge in [-0.15, -0.1) is 0 Å². The molecule has 2 aliphatic rings. The Balaban J connectivity index is 1.75. The van der Waals surface area contributed by atoms with Crippen LogP contribution in [0.4, 0.5) is 5.69 Å². The number of para-hydroxylation sites is 2. The van der Waals surface area contributed by atoms with E-state index in [9.17, 15) is 14.7 Å². The van der Waals surface area contributed by atoms with Gasteiger partial charge in [0.05, 0.1) is 12.2 Å². The first kappa shape index (κ1) is 15.6. The fourth-order valence-electron chi connectivity index (χ4n) is 2.97. The van der Waals surface area contributed by atoms with E-state index in [1.165, 1.54) is 0 Å². The number of benzene rings is 1. The van der Waals surface area contributed by atoms with Crippen molar-refractivity contribution in [2.75, 3.05) is 31.7 Å². The minimum absolute atomic E-state index is 0.257. The molecule has 7 nitrogen and oxygen atoms in total. The summed E-state index contributed by atoms with van der Waals surface area (Å²) in [5.74, 6) is -0.813. The second-order valence-electron chi connectivity index (χ2n) is 5.94. The number of ether oxygens (including phenoxy) is 2. The van der Waals surface area contributed by atoms with Gasteiger partial charge in [0.1, 0.15) is 11.3 Å². The summed E-state index contributed by atoms with van der Waals surface area (Å²) in [6.45, 7) is 1.01. The standard InChI is InChI=1S/C16H20N2O5/c1-18-10-13(23-12-5-3-2-4-11(12)18)14(19)17-16(15(20)21)6-8-22-9-7-16/h2-5,13H,6-10H2,1H3,(H,17,19)(H,20,21)/t13-/m0/s1. The molecule has 2 N–H and O–H groups in total. The molecule has 1 amide bonds. The molecule has 2 heterocycles. The Kier molecular flexibility index (Phi) is 4.12. The fraction of sp³-hybridized carbons (Fsp3) is 0.500. The van der Waals surface area contributed by atoms with E-state index in [1.807, 2.05) is 30.1 Å². The SMILES string of the molecule is CN1C[C@@H](C(=O)NC2(C(=O)O)CCOCC2)Oc2ccccc21. The third-order valence-electron chi connectivity index (χ3n) is 4.40. The monoisotopic (exact) mass is 320 g/mol. The Hall–Kier alpha value is -2.28. The summed E-state index contributed by atoms with van der Waals surface area (Å²) in [5, 5.41) is 12.2. The van der Waals surface area contributed by atoms with Crippen molar-refractivity contribution in [3.8, 4) is 5.75 Å². The van der Waals surface area contributed by atoms with Crippen LogP contribution in [0.1, 0.15) is 12.8 Å². The van der Waals surface area contributed by atoms with Gasteiger partial charge in [-0.05, 0) is 12.1 Å². The van der Waals surface area contributed by atoms with Crippen LogP contribution >= 0.6 is 0 Å². The van der Waals surface area contributed by atoms with Crippen molar-refractivity contribution in [1.82, 2.24) is 5.32 Å². The van der Waals surface area contributed by atoms with Crippen LogP contribution in [0.2, 0.25) is 0 Å². The summed E-state index contributed by atoms with van der Waals surface area (Å²) in [4.78, 5) is 26.1. The molecule has 1 fully saturated rings. The smallest absolute Gasteiger partial charge is 0.329 e.